The van der Waals surface area contributed by atoms with E-state index in [4.69, 9.17) is 16.3 Å². The van der Waals surface area contributed by atoms with Crippen LogP contribution in [-0.2, 0) is 20.9 Å². The number of hydrogen-bond acceptors (Lipinski definition) is 6. The number of halogens is 2. The number of methoxy groups -OCH3 is 1. The molecule has 2 aromatic rings. The number of carbonyl (C=O) groups excluding carboxylic acids is 3. The molecule has 0 atom stereocenters. The Bertz CT molecular complexity index is 1010. The maximum absolute atomic E-state index is 12.7. The lowest BCUT2D eigenvalue weighted by Crippen LogP contribution is -2.27. The smallest absolute Gasteiger partial charge is 0.343 e. The molecule has 0 aromatic heterocycles. The molecule has 6 nitrogen and oxygen atoms in total. The maximum atomic E-state index is 12.7. The van der Waals surface area contributed by atoms with Crippen LogP contribution in [0.2, 0.25) is 5.02 Å². The Morgan fingerprint density at radius 1 is 1.24 bits per heavy atom. The average molecular weight is 497 g/mol. The summed E-state index contributed by atoms with van der Waals surface area (Å²) in [7, 11) is 1.28. The van der Waals surface area contributed by atoms with E-state index in [9.17, 15) is 14.4 Å². The van der Waals surface area contributed by atoms with Crippen molar-refractivity contribution < 1.29 is 23.9 Å². The molecule has 0 unspecified atom stereocenters. The summed E-state index contributed by atoms with van der Waals surface area (Å²) in [6, 6.07) is 12.2. The molecule has 0 radical (unpaired) electrons. The van der Waals surface area contributed by atoms with Gasteiger partial charge in [0.05, 0.1) is 23.0 Å². The van der Waals surface area contributed by atoms with Crippen LogP contribution in [0, 0.1) is 0 Å². The molecule has 1 saturated heterocycles. The molecule has 1 fully saturated rings. The van der Waals surface area contributed by atoms with Crippen molar-refractivity contribution in [3.8, 4) is 5.75 Å². The number of benzene rings is 2. The van der Waals surface area contributed by atoms with Crippen molar-refractivity contribution >= 4 is 62.5 Å². The first-order valence-electron chi connectivity index (χ1n) is 8.36. The lowest BCUT2D eigenvalue weighted by atomic mass is 10.2. The first-order valence-corrected chi connectivity index (χ1v) is 10.3. The third-order valence-corrected chi connectivity index (χ3v) is 5.69. The Kier molecular flexibility index (Phi) is 7.00. The SMILES string of the molecule is COC(=O)COc1ccc(/C=C2\SC(=O)N(Cc3cccc(Cl)c3)C2=O)cc1Br. The summed E-state index contributed by atoms with van der Waals surface area (Å²) < 4.78 is 10.5. The number of ether oxygens (including phenoxy) is 2. The number of nitrogens with zero attached hydrogens (tertiary/aromatic N) is 1. The van der Waals surface area contributed by atoms with Gasteiger partial charge in [0, 0.05) is 5.02 Å². The zero-order chi connectivity index (χ0) is 21.0. The predicted molar refractivity (Wildman–Crippen MR) is 115 cm³/mol. The second kappa shape index (κ2) is 9.47. The fourth-order valence-corrected chi connectivity index (χ4v) is 4.09. The van der Waals surface area contributed by atoms with Gasteiger partial charge >= 0.3 is 5.97 Å². The fraction of sp³-hybridized carbons (Fsp3) is 0.150. The molecule has 1 aliphatic rings. The fourth-order valence-electron chi connectivity index (χ4n) is 2.53. The summed E-state index contributed by atoms with van der Waals surface area (Å²) in [5.74, 6) is -0.391. The van der Waals surface area contributed by atoms with Gasteiger partial charge in [-0.1, -0.05) is 29.8 Å². The second-order valence-corrected chi connectivity index (χ2v) is 8.24. The minimum atomic E-state index is -0.491. The minimum Gasteiger partial charge on any atom is -0.481 e. The van der Waals surface area contributed by atoms with E-state index in [1.807, 2.05) is 6.07 Å². The van der Waals surface area contributed by atoms with Crippen molar-refractivity contribution in [2.45, 2.75) is 6.54 Å². The molecule has 0 aliphatic carbocycles. The normalized spacial score (nSPS) is 15.1. The van der Waals surface area contributed by atoms with Gasteiger partial charge in [-0.3, -0.25) is 14.5 Å². The first kappa shape index (κ1) is 21.4. The van der Waals surface area contributed by atoms with Crippen LogP contribution in [-0.4, -0.2) is 35.7 Å². The number of carbonyl (C=O) groups is 3. The number of thioether (sulfide) groups is 1. The van der Waals surface area contributed by atoms with Crippen molar-refractivity contribution in [1.29, 1.82) is 0 Å². The van der Waals surface area contributed by atoms with Crippen molar-refractivity contribution in [2.24, 2.45) is 0 Å². The average Bonchev–Trinajstić information content (AvgIpc) is 2.94. The van der Waals surface area contributed by atoms with Crippen LogP contribution in [0.5, 0.6) is 5.75 Å². The molecule has 1 aliphatic heterocycles. The van der Waals surface area contributed by atoms with E-state index in [2.05, 4.69) is 20.7 Å². The third-order valence-electron chi connectivity index (χ3n) is 3.93. The molecule has 0 bridgehead atoms. The number of amides is 2. The zero-order valence-electron chi connectivity index (χ0n) is 15.2. The molecule has 0 saturated carbocycles. The highest BCUT2D eigenvalue weighted by Crippen LogP contribution is 2.35. The maximum Gasteiger partial charge on any atom is 0.343 e. The molecule has 2 aromatic carbocycles. The van der Waals surface area contributed by atoms with Crippen LogP contribution in [0.4, 0.5) is 4.79 Å². The molecule has 3 rings (SSSR count). The minimum absolute atomic E-state index is 0.159. The monoisotopic (exact) mass is 495 g/mol. The van der Waals surface area contributed by atoms with Crippen molar-refractivity contribution in [3.05, 3.63) is 68.0 Å². The summed E-state index contributed by atoms with van der Waals surface area (Å²) in [5, 5.41) is 0.211. The van der Waals surface area contributed by atoms with Crippen LogP contribution >= 0.6 is 39.3 Å². The third kappa shape index (κ3) is 5.41. The van der Waals surface area contributed by atoms with E-state index in [1.54, 1.807) is 42.5 Å². The van der Waals surface area contributed by atoms with E-state index in [1.165, 1.54) is 12.0 Å². The molecular formula is C20H15BrClNO5S. The Labute approximate surface area is 184 Å². The van der Waals surface area contributed by atoms with Crippen LogP contribution in [0.3, 0.4) is 0 Å². The number of rotatable bonds is 6. The Hall–Kier alpha value is -2.29. The molecule has 0 N–H and O–H groups in total. The van der Waals surface area contributed by atoms with Gasteiger partial charge in [0.15, 0.2) is 6.61 Å². The van der Waals surface area contributed by atoms with Gasteiger partial charge in [-0.05, 0) is 69.2 Å². The van der Waals surface area contributed by atoms with E-state index in [0.29, 0.717) is 25.7 Å². The molecule has 29 heavy (non-hydrogen) atoms. The van der Waals surface area contributed by atoms with Gasteiger partial charge in [-0.2, -0.15) is 0 Å². The lowest BCUT2D eigenvalue weighted by Gasteiger charge is -2.12. The number of esters is 1. The molecule has 9 heteroatoms. The van der Waals surface area contributed by atoms with E-state index in [-0.39, 0.29) is 24.3 Å². The zero-order valence-corrected chi connectivity index (χ0v) is 18.3. The highest BCUT2D eigenvalue weighted by molar-refractivity contribution is 9.10. The van der Waals surface area contributed by atoms with Gasteiger partial charge in [0.25, 0.3) is 11.1 Å². The van der Waals surface area contributed by atoms with Gasteiger partial charge < -0.3 is 9.47 Å². The standard InChI is InChI=1S/C20H15BrClNO5S/c1-27-18(24)11-28-16-6-5-12(8-15(16)21)9-17-19(25)23(20(26)29-17)10-13-3-2-4-14(22)7-13/h2-9H,10-11H2,1H3/b17-9-. The van der Waals surface area contributed by atoms with Crippen LogP contribution in [0.1, 0.15) is 11.1 Å². The van der Waals surface area contributed by atoms with Gasteiger partial charge in [0.2, 0.25) is 0 Å². The Morgan fingerprint density at radius 2 is 2.03 bits per heavy atom. The van der Waals surface area contributed by atoms with E-state index >= 15 is 0 Å². The molecule has 0 spiro atoms. The summed E-state index contributed by atoms with van der Waals surface area (Å²) in [5.41, 5.74) is 1.48. The Morgan fingerprint density at radius 3 is 2.72 bits per heavy atom. The first-order chi connectivity index (χ1) is 13.9. The highest BCUT2D eigenvalue weighted by Gasteiger charge is 2.35. The quantitative estimate of drug-likeness (QED) is 0.419. The largest absolute Gasteiger partial charge is 0.481 e. The number of imide groups is 1. The van der Waals surface area contributed by atoms with Crippen LogP contribution in [0.25, 0.3) is 6.08 Å². The highest BCUT2D eigenvalue weighted by atomic mass is 79.9. The molecular weight excluding hydrogens is 482 g/mol. The van der Waals surface area contributed by atoms with Gasteiger partial charge in [-0.15, -0.1) is 0 Å². The summed E-state index contributed by atoms with van der Waals surface area (Å²) in [4.78, 5) is 37.7. The Balaban J connectivity index is 1.73. The summed E-state index contributed by atoms with van der Waals surface area (Å²) in [6.45, 7) is -0.0522. The van der Waals surface area contributed by atoms with Crippen molar-refractivity contribution in [3.63, 3.8) is 0 Å². The van der Waals surface area contributed by atoms with Gasteiger partial charge in [-0.25, -0.2) is 4.79 Å². The lowest BCUT2D eigenvalue weighted by molar-refractivity contribution is -0.142. The topological polar surface area (TPSA) is 72.9 Å². The molecule has 1 heterocycles. The van der Waals surface area contributed by atoms with Crippen molar-refractivity contribution in [2.75, 3.05) is 13.7 Å². The number of hydrogen-bond donors (Lipinski definition) is 0. The second-order valence-electron chi connectivity index (χ2n) is 5.95. The van der Waals surface area contributed by atoms with E-state index < -0.39 is 5.97 Å². The van der Waals surface area contributed by atoms with Crippen LogP contribution < -0.4 is 4.74 Å². The van der Waals surface area contributed by atoms with Gasteiger partial charge in [0.1, 0.15) is 5.75 Å². The van der Waals surface area contributed by atoms with E-state index in [0.717, 1.165) is 17.3 Å². The predicted octanol–water partition coefficient (Wildman–Crippen LogP) is 4.89. The van der Waals surface area contributed by atoms with Crippen molar-refractivity contribution in [1.82, 2.24) is 4.90 Å². The molecule has 2 amide bonds. The summed E-state index contributed by atoms with van der Waals surface area (Å²) >= 11 is 10.2. The summed E-state index contributed by atoms with van der Waals surface area (Å²) in [6.07, 6.45) is 1.64. The molecule has 150 valence electrons. The van der Waals surface area contributed by atoms with Crippen LogP contribution in [0.15, 0.2) is 51.8 Å².